The molecule has 24 heavy (non-hydrogen) atoms. The Labute approximate surface area is 150 Å². The average molecular weight is 367 g/mol. The minimum atomic E-state index is -0.387. The first-order valence-corrected chi connectivity index (χ1v) is 9.38. The van der Waals surface area contributed by atoms with Crippen LogP contribution in [0.5, 0.6) is 0 Å². The number of benzene rings is 1. The molecule has 1 aliphatic heterocycles. The van der Waals surface area contributed by atoms with Crippen LogP contribution in [-0.4, -0.2) is 29.9 Å². The number of nitrogens with zero attached hydrogens (tertiary/aromatic N) is 1. The number of rotatable bonds is 4. The Bertz CT molecular complexity index is 699. The van der Waals surface area contributed by atoms with Crippen LogP contribution >= 0.6 is 22.9 Å². The van der Waals surface area contributed by atoms with Gasteiger partial charge in [0.2, 0.25) is 0 Å². The van der Waals surface area contributed by atoms with Gasteiger partial charge >= 0.3 is 0 Å². The fourth-order valence-electron chi connectivity index (χ4n) is 3.08. The van der Waals surface area contributed by atoms with Crippen LogP contribution < -0.4 is 5.32 Å². The van der Waals surface area contributed by atoms with Crippen LogP contribution in [0.25, 0.3) is 0 Å². The lowest BCUT2D eigenvalue weighted by atomic mass is 10.00. The van der Waals surface area contributed by atoms with Gasteiger partial charge in [0.05, 0.1) is 5.02 Å². The van der Waals surface area contributed by atoms with Gasteiger partial charge in [-0.3, -0.25) is 9.69 Å². The second kappa shape index (κ2) is 7.64. The van der Waals surface area contributed by atoms with Gasteiger partial charge in [-0.05, 0) is 48.9 Å². The monoisotopic (exact) mass is 366 g/mol. The number of carbonyl (C=O) groups is 1. The van der Waals surface area contributed by atoms with E-state index in [4.69, 9.17) is 11.6 Å². The smallest absolute Gasteiger partial charge is 0.252 e. The maximum absolute atomic E-state index is 13.3. The molecule has 2 heterocycles. The Morgan fingerprint density at radius 3 is 2.75 bits per heavy atom. The van der Waals surface area contributed by atoms with Crippen molar-refractivity contribution in [3.8, 4) is 0 Å². The molecule has 0 spiro atoms. The lowest BCUT2D eigenvalue weighted by molar-refractivity contribution is 0.0896. The van der Waals surface area contributed by atoms with Crippen molar-refractivity contribution in [2.24, 2.45) is 0 Å². The zero-order valence-electron chi connectivity index (χ0n) is 13.5. The number of likely N-dealkylation sites (tertiary alicyclic amines) is 1. The second-order valence-electron chi connectivity index (χ2n) is 6.15. The third-order valence-corrected chi connectivity index (χ3v) is 5.59. The predicted octanol–water partition coefficient (Wildman–Crippen LogP) is 4.50. The summed E-state index contributed by atoms with van der Waals surface area (Å²) in [7, 11) is 0. The Morgan fingerprint density at radius 2 is 2.12 bits per heavy atom. The average Bonchev–Trinajstić information content (AvgIpc) is 3.12. The van der Waals surface area contributed by atoms with Crippen LogP contribution in [0.4, 0.5) is 4.39 Å². The van der Waals surface area contributed by atoms with Crippen LogP contribution in [0.2, 0.25) is 5.02 Å². The summed E-state index contributed by atoms with van der Waals surface area (Å²) in [5, 5.41) is 7.05. The summed E-state index contributed by atoms with van der Waals surface area (Å²) in [6, 6.07) is 7.13. The molecular formula is C18H20ClFN2OS. The molecule has 0 aliphatic carbocycles. The molecule has 3 nitrogen and oxygen atoms in total. The van der Waals surface area contributed by atoms with Gasteiger partial charge in [0, 0.05) is 36.1 Å². The largest absolute Gasteiger partial charge is 0.349 e. The normalized spacial score (nSPS) is 17.6. The topological polar surface area (TPSA) is 32.3 Å². The molecule has 1 unspecified atom stereocenters. The summed E-state index contributed by atoms with van der Waals surface area (Å²) in [6.45, 7) is 3.89. The Hall–Kier alpha value is -1.43. The molecule has 1 aromatic carbocycles. The molecule has 1 atom stereocenters. The van der Waals surface area contributed by atoms with Crippen molar-refractivity contribution in [2.75, 3.05) is 13.1 Å². The molecule has 1 aromatic heterocycles. The summed E-state index contributed by atoms with van der Waals surface area (Å²) in [6.07, 6.45) is 1.82. The van der Waals surface area contributed by atoms with E-state index in [-0.39, 0.29) is 28.8 Å². The number of hydrogen-bond donors (Lipinski definition) is 1. The molecule has 1 fully saturated rings. The van der Waals surface area contributed by atoms with Crippen molar-refractivity contribution in [3.63, 3.8) is 0 Å². The number of hydrogen-bond acceptors (Lipinski definition) is 3. The minimum Gasteiger partial charge on any atom is -0.349 e. The standard InChI is InChI=1S/C18H20ClFN2OS/c1-12(13-2-3-17(20)16(19)10-13)22-7-4-15(5-8-22)21-18(23)14-6-9-24-11-14/h2-3,6,9-12,15H,4-5,7-8H2,1H3,(H,21,23). The molecule has 0 saturated carbocycles. The molecule has 1 saturated heterocycles. The molecule has 3 rings (SSSR count). The van der Waals surface area contributed by atoms with E-state index in [9.17, 15) is 9.18 Å². The SMILES string of the molecule is CC(c1ccc(F)c(Cl)c1)N1CCC(NC(=O)c2ccsc2)CC1. The van der Waals surface area contributed by atoms with Gasteiger partial charge in [0.1, 0.15) is 5.82 Å². The number of halogens is 2. The van der Waals surface area contributed by atoms with Crippen LogP contribution in [0.3, 0.4) is 0 Å². The quantitative estimate of drug-likeness (QED) is 0.864. The minimum absolute atomic E-state index is 0.00747. The molecule has 6 heteroatoms. The van der Waals surface area contributed by atoms with Crippen molar-refractivity contribution in [1.29, 1.82) is 0 Å². The van der Waals surface area contributed by atoms with Crippen molar-refractivity contribution >= 4 is 28.8 Å². The number of carbonyl (C=O) groups excluding carboxylic acids is 1. The van der Waals surface area contributed by atoms with Crippen LogP contribution in [0.1, 0.15) is 41.7 Å². The van der Waals surface area contributed by atoms with Crippen LogP contribution in [-0.2, 0) is 0 Å². The lowest BCUT2D eigenvalue weighted by Crippen LogP contribution is -2.45. The molecule has 1 N–H and O–H groups in total. The summed E-state index contributed by atoms with van der Waals surface area (Å²) in [5.74, 6) is -0.379. The van der Waals surface area contributed by atoms with E-state index in [1.807, 2.05) is 16.8 Å². The Balaban J connectivity index is 1.54. The lowest BCUT2D eigenvalue weighted by Gasteiger charge is -2.36. The molecular weight excluding hydrogens is 347 g/mol. The van der Waals surface area contributed by atoms with Crippen LogP contribution in [0.15, 0.2) is 35.0 Å². The molecule has 1 amide bonds. The summed E-state index contributed by atoms with van der Waals surface area (Å²) >= 11 is 7.41. The van der Waals surface area contributed by atoms with E-state index >= 15 is 0 Å². The first-order chi connectivity index (χ1) is 11.5. The molecule has 128 valence electrons. The summed E-state index contributed by atoms with van der Waals surface area (Å²) < 4.78 is 13.3. The number of amides is 1. The highest BCUT2D eigenvalue weighted by Crippen LogP contribution is 2.27. The zero-order valence-corrected chi connectivity index (χ0v) is 15.0. The first kappa shape index (κ1) is 17.4. The van der Waals surface area contributed by atoms with Crippen molar-refractivity contribution in [2.45, 2.75) is 31.8 Å². The first-order valence-electron chi connectivity index (χ1n) is 8.06. The summed E-state index contributed by atoms with van der Waals surface area (Å²) in [4.78, 5) is 14.5. The van der Waals surface area contributed by atoms with Gasteiger partial charge in [0.15, 0.2) is 0 Å². The second-order valence-corrected chi connectivity index (χ2v) is 7.33. The number of piperidine rings is 1. The molecule has 2 aromatic rings. The Morgan fingerprint density at radius 1 is 1.38 bits per heavy atom. The van der Waals surface area contributed by atoms with Crippen molar-refractivity contribution in [3.05, 3.63) is 57.0 Å². The zero-order chi connectivity index (χ0) is 17.1. The fraction of sp³-hybridized carbons (Fsp3) is 0.389. The van der Waals surface area contributed by atoms with E-state index < -0.39 is 0 Å². The van der Waals surface area contributed by atoms with Gasteiger partial charge in [-0.15, -0.1) is 0 Å². The van der Waals surface area contributed by atoms with Gasteiger partial charge in [0.25, 0.3) is 5.91 Å². The highest BCUT2D eigenvalue weighted by Gasteiger charge is 2.25. The molecule has 0 bridgehead atoms. The van der Waals surface area contributed by atoms with Gasteiger partial charge in [-0.1, -0.05) is 17.7 Å². The van der Waals surface area contributed by atoms with Gasteiger partial charge < -0.3 is 5.32 Å². The summed E-state index contributed by atoms with van der Waals surface area (Å²) in [5.41, 5.74) is 1.75. The van der Waals surface area contributed by atoms with E-state index in [1.54, 1.807) is 12.1 Å². The van der Waals surface area contributed by atoms with E-state index in [2.05, 4.69) is 17.1 Å². The predicted molar refractivity (Wildman–Crippen MR) is 96.2 cm³/mol. The number of thiophene rings is 1. The van der Waals surface area contributed by atoms with Gasteiger partial charge in [-0.2, -0.15) is 11.3 Å². The Kier molecular flexibility index (Phi) is 5.54. The van der Waals surface area contributed by atoms with Gasteiger partial charge in [-0.25, -0.2) is 4.39 Å². The van der Waals surface area contributed by atoms with Crippen molar-refractivity contribution in [1.82, 2.24) is 10.2 Å². The molecule has 1 aliphatic rings. The number of nitrogens with one attached hydrogen (secondary N) is 1. The molecule has 0 radical (unpaired) electrons. The maximum atomic E-state index is 13.3. The third-order valence-electron chi connectivity index (χ3n) is 4.62. The van der Waals surface area contributed by atoms with Crippen LogP contribution in [0, 0.1) is 5.82 Å². The van der Waals surface area contributed by atoms with Crippen molar-refractivity contribution < 1.29 is 9.18 Å². The van der Waals surface area contributed by atoms with E-state index in [1.165, 1.54) is 17.4 Å². The highest BCUT2D eigenvalue weighted by molar-refractivity contribution is 7.08. The van der Waals surface area contributed by atoms with E-state index in [0.29, 0.717) is 0 Å². The fourth-order valence-corrected chi connectivity index (χ4v) is 3.90. The van der Waals surface area contributed by atoms with E-state index in [0.717, 1.165) is 37.1 Å². The maximum Gasteiger partial charge on any atom is 0.252 e. The highest BCUT2D eigenvalue weighted by atomic mass is 35.5. The third kappa shape index (κ3) is 3.97.